The normalized spacial score (nSPS) is 11.4. The molecule has 0 atom stereocenters. The van der Waals surface area contributed by atoms with Gasteiger partial charge in [0.2, 0.25) is 0 Å². The van der Waals surface area contributed by atoms with E-state index in [-0.39, 0.29) is 34.3 Å². The second-order valence-corrected chi connectivity index (χ2v) is 6.63. The SMILES string of the molecule is Cc1c(O)cc(O)c(C)c1-c1cn2nc(C(C)C)nc2c(C(N)=O)c1N. The Bertz CT molecular complexity index is 1030. The van der Waals surface area contributed by atoms with Gasteiger partial charge in [0.25, 0.3) is 5.91 Å². The van der Waals surface area contributed by atoms with Gasteiger partial charge in [0, 0.05) is 23.7 Å². The Hall–Kier alpha value is -3.29. The smallest absolute Gasteiger partial charge is 0.254 e. The molecule has 0 bridgehead atoms. The topological polar surface area (TPSA) is 140 Å². The second-order valence-electron chi connectivity index (χ2n) is 6.63. The lowest BCUT2D eigenvalue weighted by atomic mass is 9.93. The first-order valence-electron chi connectivity index (χ1n) is 8.14. The Balaban J connectivity index is 2.46. The Labute approximate surface area is 150 Å². The van der Waals surface area contributed by atoms with Crippen molar-refractivity contribution in [3.63, 3.8) is 0 Å². The predicted octanol–water partition coefficient (Wildman–Crippen LogP) is 2.23. The van der Waals surface area contributed by atoms with Crippen LogP contribution in [0.15, 0.2) is 12.3 Å². The van der Waals surface area contributed by atoms with E-state index in [0.717, 1.165) is 0 Å². The first-order valence-corrected chi connectivity index (χ1v) is 8.14. The van der Waals surface area contributed by atoms with Crippen molar-refractivity contribution in [1.29, 1.82) is 0 Å². The van der Waals surface area contributed by atoms with Crippen molar-refractivity contribution in [2.24, 2.45) is 5.73 Å². The van der Waals surface area contributed by atoms with Crippen molar-refractivity contribution in [2.75, 3.05) is 5.73 Å². The quantitative estimate of drug-likeness (QED) is 0.568. The van der Waals surface area contributed by atoms with E-state index in [1.165, 1.54) is 10.6 Å². The minimum absolute atomic E-state index is 0.0496. The molecule has 8 heteroatoms. The van der Waals surface area contributed by atoms with E-state index in [9.17, 15) is 15.0 Å². The average Bonchev–Trinajstić information content (AvgIpc) is 2.97. The molecule has 2 aromatic heterocycles. The minimum atomic E-state index is -0.725. The third-order valence-electron chi connectivity index (χ3n) is 4.51. The molecule has 1 amide bonds. The predicted molar refractivity (Wildman–Crippen MR) is 98.2 cm³/mol. The molecule has 0 fully saturated rings. The van der Waals surface area contributed by atoms with Crippen LogP contribution in [0.1, 0.15) is 47.1 Å². The highest BCUT2D eigenvalue weighted by molar-refractivity contribution is 6.07. The largest absolute Gasteiger partial charge is 0.508 e. The number of anilines is 1. The van der Waals surface area contributed by atoms with Gasteiger partial charge < -0.3 is 21.7 Å². The van der Waals surface area contributed by atoms with Gasteiger partial charge in [-0.25, -0.2) is 9.50 Å². The number of pyridine rings is 1. The number of hydrogen-bond acceptors (Lipinski definition) is 6. The lowest BCUT2D eigenvalue weighted by molar-refractivity contribution is 0.100. The monoisotopic (exact) mass is 355 g/mol. The van der Waals surface area contributed by atoms with Crippen molar-refractivity contribution < 1.29 is 15.0 Å². The summed E-state index contributed by atoms with van der Waals surface area (Å²) >= 11 is 0. The maximum absolute atomic E-state index is 12.1. The van der Waals surface area contributed by atoms with Crippen LogP contribution in [-0.2, 0) is 0 Å². The van der Waals surface area contributed by atoms with Gasteiger partial charge >= 0.3 is 0 Å². The summed E-state index contributed by atoms with van der Waals surface area (Å²) in [6.45, 7) is 7.27. The first-order chi connectivity index (χ1) is 12.1. The molecule has 6 N–H and O–H groups in total. The summed E-state index contributed by atoms with van der Waals surface area (Å²) in [7, 11) is 0. The number of fused-ring (bicyclic) bond motifs is 1. The lowest BCUT2D eigenvalue weighted by Crippen LogP contribution is -2.16. The van der Waals surface area contributed by atoms with Crippen LogP contribution in [0.3, 0.4) is 0 Å². The van der Waals surface area contributed by atoms with Gasteiger partial charge in [-0.15, -0.1) is 0 Å². The zero-order valence-corrected chi connectivity index (χ0v) is 15.0. The number of carbonyl (C=O) groups is 1. The highest BCUT2D eigenvalue weighted by Crippen LogP contribution is 2.41. The number of rotatable bonds is 3. The van der Waals surface area contributed by atoms with Gasteiger partial charge in [0.15, 0.2) is 11.5 Å². The molecular weight excluding hydrogens is 334 g/mol. The molecule has 136 valence electrons. The van der Waals surface area contributed by atoms with Crippen LogP contribution in [0.2, 0.25) is 0 Å². The number of carbonyl (C=O) groups excluding carboxylic acids is 1. The molecule has 0 radical (unpaired) electrons. The van der Waals surface area contributed by atoms with Crippen LogP contribution < -0.4 is 11.5 Å². The summed E-state index contributed by atoms with van der Waals surface area (Å²) in [5.74, 6) is -0.282. The Morgan fingerprint density at radius 2 is 1.77 bits per heavy atom. The van der Waals surface area contributed by atoms with E-state index in [0.29, 0.717) is 28.1 Å². The Morgan fingerprint density at radius 1 is 1.19 bits per heavy atom. The van der Waals surface area contributed by atoms with Crippen LogP contribution in [0.5, 0.6) is 11.5 Å². The fraction of sp³-hybridized carbons (Fsp3) is 0.278. The molecule has 0 saturated heterocycles. The molecule has 26 heavy (non-hydrogen) atoms. The minimum Gasteiger partial charge on any atom is -0.508 e. The zero-order chi connectivity index (χ0) is 19.3. The summed E-state index contributed by atoms with van der Waals surface area (Å²) in [6.07, 6.45) is 1.63. The molecule has 3 aromatic rings. The van der Waals surface area contributed by atoms with E-state index in [4.69, 9.17) is 11.5 Å². The number of primary amides is 1. The zero-order valence-electron chi connectivity index (χ0n) is 15.0. The van der Waals surface area contributed by atoms with Crippen molar-refractivity contribution in [3.05, 3.63) is 34.8 Å². The number of aromatic hydroxyl groups is 2. The fourth-order valence-electron chi connectivity index (χ4n) is 3.02. The van der Waals surface area contributed by atoms with Crippen LogP contribution in [0, 0.1) is 13.8 Å². The molecular formula is C18H21N5O3. The van der Waals surface area contributed by atoms with Crippen molar-refractivity contribution in [2.45, 2.75) is 33.6 Å². The molecule has 0 aliphatic carbocycles. The second kappa shape index (κ2) is 5.91. The van der Waals surface area contributed by atoms with Gasteiger partial charge in [-0.1, -0.05) is 13.8 Å². The Morgan fingerprint density at radius 3 is 2.27 bits per heavy atom. The van der Waals surface area contributed by atoms with Crippen molar-refractivity contribution in [3.8, 4) is 22.6 Å². The average molecular weight is 355 g/mol. The highest BCUT2D eigenvalue weighted by atomic mass is 16.3. The third-order valence-corrected chi connectivity index (χ3v) is 4.51. The van der Waals surface area contributed by atoms with Crippen molar-refractivity contribution >= 4 is 17.2 Å². The molecule has 0 saturated carbocycles. The number of nitrogens with two attached hydrogens (primary N) is 2. The van der Waals surface area contributed by atoms with Crippen LogP contribution >= 0.6 is 0 Å². The number of nitrogens with zero attached hydrogens (tertiary/aromatic N) is 3. The van der Waals surface area contributed by atoms with Crippen LogP contribution in [-0.4, -0.2) is 30.7 Å². The van der Waals surface area contributed by atoms with Gasteiger partial charge in [-0.3, -0.25) is 4.79 Å². The van der Waals surface area contributed by atoms with E-state index in [1.54, 1.807) is 20.0 Å². The number of amides is 1. The molecule has 0 aliphatic heterocycles. The van der Waals surface area contributed by atoms with E-state index in [1.807, 2.05) is 13.8 Å². The van der Waals surface area contributed by atoms with E-state index < -0.39 is 5.91 Å². The molecule has 2 heterocycles. The number of nitrogen functional groups attached to an aromatic ring is 1. The van der Waals surface area contributed by atoms with Crippen molar-refractivity contribution in [1.82, 2.24) is 14.6 Å². The van der Waals surface area contributed by atoms with Crippen LogP contribution in [0.4, 0.5) is 5.69 Å². The number of aromatic nitrogens is 3. The van der Waals surface area contributed by atoms with Gasteiger partial charge in [0.05, 0.1) is 5.69 Å². The Kier molecular flexibility index (Phi) is 3.98. The van der Waals surface area contributed by atoms with E-state index >= 15 is 0 Å². The van der Waals surface area contributed by atoms with Gasteiger partial charge in [-0.05, 0) is 30.5 Å². The summed E-state index contributed by atoms with van der Waals surface area (Å²) in [6, 6.07) is 1.27. The number of phenolic OH excluding ortho intramolecular Hbond substituents is 2. The summed E-state index contributed by atoms with van der Waals surface area (Å²) in [5, 5.41) is 24.6. The maximum Gasteiger partial charge on any atom is 0.254 e. The van der Waals surface area contributed by atoms with E-state index in [2.05, 4.69) is 10.1 Å². The summed E-state index contributed by atoms with van der Waals surface area (Å²) in [5.41, 5.74) is 14.3. The highest BCUT2D eigenvalue weighted by Gasteiger charge is 2.24. The number of phenols is 2. The third kappa shape index (κ3) is 2.50. The summed E-state index contributed by atoms with van der Waals surface area (Å²) < 4.78 is 1.46. The number of hydrogen-bond donors (Lipinski definition) is 4. The standard InChI is InChI=1S/C18H21N5O3/c1-7(2)17-21-18-14(16(20)26)15(19)10(6-23(18)22-17)13-8(3)11(24)5-12(25)9(13)4/h5-7,24-25H,19H2,1-4H3,(H2,20,26). The van der Waals surface area contributed by atoms with Crippen LogP contribution in [0.25, 0.3) is 16.8 Å². The first kappa shape index (κ1) is 17.5. The van der Waals surface area contributed by atoms with Gasteiger partial charge in [-0.2, -0.15) is 5.10 Å². The molecule has 0 unspecified atom stereocenters. The number of benzene rings is 1. The fourth-order valence-corrected chi connectivity index (χ4v) is 3.02. The lowest BCUT2D eigenvalue weighted by Gasteiger charge is -2.17. The molecule has 3 rings (SSSR count). The molecule has 1 aromatic carbocycles. The molecule has 0 spiro atoms. The van der Waals surface area contributed by atoms with Gasteiger partial charge in [0.1, 0.15) is 17.1 Å². The molecule has 8 nitrogen and oxygen atoms in total. The molecule has 0 aliphatic rings. The summed E-state index contributed by atoms with van der Waals surface area (Å²) in [4.78, 5) is 16.4. The maximum atomic E-state index is 12.1.